The molecule has 1 atom stereocenters. The van der Waals surface area contributed by atoms with Gasteiger partial charge in [0, 0.05) is 45.7 Å². The minimum atomic E-state index is -0.500. The molecule has 6 heteroatoms. The van der Waals surface area contributed by atoms with Gasteiger partial charge in [0.25, 0.3) is 0 Å². The Morgan fingerprint density at radius 1 is 1.08 bits per heavy atom. The summed E-state index contributed by atoms with van der Waals surface area (Å²) in [6.07, 6.45) is 2.02. The molecule has 0 radical (unpaired) electrons. The third-order valence-electron chi connectivity index (χ3n) is 5.03. The van der Waals surface area contributed by atoms with Crippen LogP contribution in [0.15, 0.2) is 24.3 Å². The molecule has 0 saturated carbocycles. The molecule has 25 heavy (non-hydrogen) atoms. The van der Waals surface area contributed by atoms with Crippen LogP contribution in [0.5, 0.6) is 0 Å². The molecule has 0 bridgehead atoms. The molecule has 2 aliphatic heterocycles. The number of aliphatic hydroxyl groups is 1. The highest BCUT2D eigenvalue weighted by Gasteiger charge is 2.24. The van der Waals surface area contributed by atoms with Gasteiger partial charge in [-0.25, -0.2) is 0 Å². The second-order valence-corrected chi connectivity index (χ2v) is 6.87. The van der Waals surface area contributed by atoms with Crippen molar-refractivity contribution in [2.24, 2.45) is 0 Å². The highest BCUT2D eigenvalue weighted by molar-refractivity contribution is 5.78. The van der Waals surface area contributed by atoms with E-state index in [9.17, 15) is 15.2 Å². The van der Waals surface area contributed by atoms with Gasteiger partial charge in [-0.1, -0.05) is 12.1 Å². The van der Waals surface area contributed by atoms with Crippen LogP contribution >= 0.6 is 0 Å². The van der Waals surface area contributed by atoms with Crippen molar-refractivity contribution in [2.45, 2.75) is 25.4 Å². The molecule has 0 aliphatic carbocycles. The summed E-state index contributed by atoms with van der Waals surface area (Å²) < 4.78 is 0. The van der Waals surface area contributed by atoms with Gasteiger partial charge in [0.05, 0.1) is 17.4 Å². The molecule has 134 valence electrons. The summed E-state index contributed by atoms with van der Waals surface area (Å²) in [5, 5.41) is 19.6. The van der Waals surface area contributed by atoms with Gasteiger partial charge in [0.2, 0.25) is 5.91 Å². The summed E-state index contributed by atoms with van der Waals surface area (Å²) in [6.45, 7) is 5.34. The lowest BCUT2D eigenvalue weighted by atomic mass is 10.1. The number of carbonyl (C=O) groups is 1. The maximum absolute atomic E-state index is 11.7. The largest absolute Gasteiger partial charge is 0.390 e. The zero-order chi connectivity index (χ0) is 17.6. The van der Waals surface area contributed by atoms with E-state index in [2.05, 4.69) is 15.9 Å². The molecule has 1 amide bonds. The molecule has 1 aromatic carbocycles. The van der Waals surface area contributed by atoms with Crippen molar-refractivity contribution in [3.05, 3.63) is 29.8 Å². The van der Waals surface area contributed by atoms with Crippen LogP contribution in [0.1, 0.15) is 24.8 Å². The number of rotatable bonds is 5. The second kappa shape index (κ2) is 8.32. The minimum absolute atomic E-state index is 0.161. The molecule has 2 saturated heterocycles. The number of hydrogen-bond donors (Lipinski definition) is 1. The Bertz CT molecular complexity index is 643. The van der Waals surface area contributed by atoms with Gasteiger partial charge < -0.3 is 14.9 Å². The topological polar surface area (TPSA) is 70.8 Å². The predicted octanol–water partition coefficient (Wildman–Crippen LogP) is 1.05. The zero-order valence-electron chi connectivity index (χ0n) is 14.6. The fraction of sp³-hybridized carbons (Fsp3) is 0.579. The Kier molecular flexibility index (Phi) is 5.90. The summed E-state index contributed by atoms with van der Waals surface area (Å²) in [5.74, 6) is 0.161. The first-order chi connectivity index (χ1) is 12.2. The van der Waals surface area contributed by atoms with Crippen molar-refractivity contribution in [1.29, 1.82) is 5.26 Å². The summed E-state index contributed by atoms with van der Waals surface area (Å²) >= 11 is 0. The maximum Gasteiger partial charge on any atom is 0.222 e. The molecule has 1 N–H and O–H groups in total. The number of amides is 1. The van der Waals surface area contributed by atoms with E-state index in [1.165, 1.54) is 0 Å². The van der Waals surface area contributed by atoms with Crippen LogP contribution in [0.25, 0.3) is 0 Å². The predicted molar refractivity (Wildman–Crippen MR) is 96.2 cm³/mol. The third-order valence-corrected chi connectivity index (χ3v) is 5.03. The van der Waals surface area contributed by atoms with Crippen molar-refractivity contribution in [2.75, 3.05) is 50.7 Å². The quantitative estimate of drug-likeness (QED) is 0.866. The van der Waals surface area contributed by atoms with Crippen LogP contribution in [0.4, 0.5) is 5.69 Å². The Balaban J connectivity index is 1.53. The number of benzene rings is 1. The van der Waals surface area contributed by atoms with Crippen LogP contribution in [0.3, 0.4) is 0 Å². The normalized spacial score (nSPS) is 20.4. The van der Waals surface area contributed by atoms with Gasteiger partial charge >= 0.3 is 0 Å². The molecule has 0 spiro atoms. The van der Waals surface area contributed by atoms with E-state index in [0.717, 1.165) is 51.3 Å². The maximum atomic E-state index is 11.7. The number of hydrogen-bond acceptors (Lipinski definition) is 5. The lowest BCUT2D eigenvalue weighted by molar-refractivity contribution is -0.129. The number of anilines is 1. The minimum Gasteiger partial charge on any atom is -0.390 e. The Morgan fingerprint density at radius 2 is 1.92 bits per heavy atom. The molecule has 6 nitrogen and oxygen atoms in total. The van der Waals surface area contributed by atoms with Crippen molar-refractivity contribution in [3.8, 4) is 6.07 Å². The van der Waals surface area contributed by atoms with Gasteiger partial charge in [0.1, 0.15) is 6.07 Å². The fourth-order valence-corrected chi connectivity index (χ4v) is 3.75. The third kappa shape index (κ3) is 4.50. The van der Waals surface area contributed by atoms with Crippen LogP contribution in [-0.2, 0) is 4.79 Å². The SMILES string of the molecule is N#Cc1ccccc1N1CCCN(CC(O)CN2CCCC2=O)CC1. The molecule has 3 rings (SSSR count). The zero-order valence-corrected chi connectivity index (χ0v) is 14.6. The number of β-amino-alcohol motifs (C(OH)–C–C–N with tert-alkyl or cyclic N) is 1. The Hall–Kier alpha value is -2.10. The number of carbonyl (C=O) groups excluding carboxylic acids is 1. The summed E-state index contributed by atoms with van der Waals surface area (Å²) in [4.78, 5) is 18.0. The van der Waals surface area contributed by atoms with E-state index in [1.807, 2.05) is 24.3 Å². The van der Waals surface area contributed by atoms with E-state index in [-0.39, 0.29) is 5.91 Å². The second-order valence-electron chi connectivity index (χ2n) is 6.87. The van der Waals surface area contributed by atoms with Gasteiger partial charge in [0.15, 0.2) is 0 Å². The molecule has 0 aromatic heterocycles. The van der Waals surface area contributed by atoms with Gasteiger partial charge in [-0.3, -0.25) is 9.69 Å². The first-order valence-corrected chi connectivity index (χ1v) is 9.09. The van der Waals surface area contributed by atoms with Crippen molar-refractivity contribution in [1.82, 2.24) is 9.80 Å². The number of likely N-dealkylation sites (tertiary alicyclic amines) is 1. The van der Waals surface area contributed by atoms with Crippen molar-refractivity contribution < 1.29 is 9.90 Å². The number of nitrogens with zero attached hydrogens (tertiary/aromatic N) is 4. The lowest BCUT2D eigenvalue weighted by Crippen LogP contribution is -2.42. The number of nitriles is 1. The van der Waals surface area contributed by atoms with Crippen LogP contribution in [-0.4, -0.2) is 72.7 Å². The van der Waals surface area contributed by atoms with Crippen LogP contribution < -0.4 is 4.90 Å². The number of para-hydroxylation sites is 1. The van der Waals surface area contributed by atoms with E-state index in [1.54, 1.807) is 4.90 Å². The van der Waals surface area contributed by atoms with E-state index < -0.39 is 6.10 Å². The first-order valence-electron chi connectivity index (χ1n) is 9.09. The van der Waals surface area contributed by atoms with E-state index in [4.69, 9.17) is 0 Å². The standard InChI is InChI=1S/C19H26N4O2/c20-13-16-5-1-2-6-18(16)22-10-4-8-21(11-12-22)14-17(24)15-23-9-3-7-19(23)25/h1-2,5-6,17,24H,3-4,7-12,14-15H2. The smallest absolute Gasteiger partial charge is 0.222 e. The van der Waals surface area contributed by atoms with Gasteiger partial charge in [-0.05, 0) is 31.5 Å². The molecule has 2 aliphatic rings. The highest BCUT2D eigenvalue weighted by atomic mass is 16.3. The van der Waals surface area contributed by atoms with E-state index >= 15 is 0 Å². The fourth-order valence-electron chi connectivity index (χ4n) is 3.75. The average molecular weight is 342 g/mol. The van der Waals surface area contributed by atoms with Crippen molar-refractivity contribution in [3.63, 3.8) is 0 Å². The average Bonchev–Trinajstić information content (AvgIpc) is 2.88. The summed E-state index contributed by atoms with van der Waals surface area (Å²) in [6, 6.07) is 9.99. The Labute approximate surface area is 149 Å². The molecule has 1 aromatic rings. The Morgan fingerprint density at radius 3 is 2.68 bits per heavy atom. The monoisotopic (exact) mass is 342 g/mol. The molecular weight excluding hydrogens is 316 g/mol. The summed E-state index contributed by atoms with van der Waals surface area (Å²) in [5.41, 5.74) is 1.71. The van der Waals surface area contributed by atoms with E-state index in [0.29, 0.717) is 25.1 Å². The van der Waals surface area contributed by atoms with Crippen molar-refractivity contribution >= 4 is 11.6 Å². The summed E-state index contributed by atoms with van der Waals surface area (Å²) in [7, 11) is 0. The lowest BCUT2D eigenvalue weighted by Gasteiger charge is -2.27. The van der Waals surface area contributed by atoms with Crippen LogP contribution in [0, 0.1) is 11.3 Å². The first kappa shape index (κ1) is 17.7. The molecule has 2 fully saturated rings. The molecule has 2 heterocycles. The molecule has 1 unspecified atom stereocenters. The highest BCUT2D eigenvalue weighted by Crippen LogP contribution is 2.21. The van der Waals surface area contributed by atoms with Gasteiger partial charge in [-0.15, -0.1) is 0 Å². The van der Waals surface area contributed by atoms with Crippen LogP contribution in [0.2, 0.25) is 0 Å². The van der Waals surface area contributed by atoms with Gasteiger partial charge in [-0.2, -0.15) is 5.26 Å². The number of aliphatic hydroxyl groups excluding tert-OH is 1. The molecular formula is C19H26N4O2.